The fourth-order valence-corrected chi connectivity index (χ4v) is 5.53. The second kappa shape index (κ2) is 11.2. The molecule has 1 fully saturated rings. The summed E-state index contributed by atoms with van der Waals surface area (Å²) in [4.78, 5) is 17.3. The van der Waals surface area contributed by atoms with Crippen LogP contribution in [0.25, 0.3) is 0 Å². The van der Waals surface area contributed by atoms with E-state index >= 15 is 0 Å². The molecule has 0 radical (unpaired) electrons. The van der Waals surface area contributed by atoms with Crippen LogP contribution in [0.1, 0.15) is 62.3 Å². The highest BCUT2D eigenvalue weighted by Gasteiger charge is 2.25. The van der Waals surface area contributed by atoms with Gasteiger partial charge in [0.25, 0.3) is 0 Å². The summed E-state index contributed by atoms with van der Waals surface area (Å²) in [7, 11) is 0. The standard InChI is InChI=1S/C30H36N2OS/c1-21(2)30(33)31-26-13-10-22(3)29(20-26)25-16-18-32(19-17-25)23(4)24-11-14-28(15-12-24)34-27-8-6-5-7-9-27/h5-15,20-21,23,25H,16-19H2,1-4H3,(H,31,33). The molecule has 0 bridgehead atoms. The molecule has 1 N–H and O–H groups in total. The summed E-state index contributed by atoms with van der Waals surface area (Å²) >= 11 is 1.81. The number of carbonyl (C=O) groups is 1. The second-order valence-electron chi connectivity index (χ2n) is 9.69. The lowest BCUT2D eigenvalue weighted by atomic mass is 9.86. The molecule has 1 aliphatic rings. The van der Waals surface area contributed by atoms with Crippen LogP contribution in [0.4, 0.5) is 5.69 Å². The molecular weight excluding hydrogens is 436 g/mol. The first-order chi connectivity index (χ1) is 16.4. The van der Waals surface area contributed by atoms with Gasteiger partial charge in [0.2, 0.25) is 5.91 Å². The Bertz CT molecular complexity index is 1090. The molecule has 0 aromatic heterocycles. The number of hydrogen-bond donors (Lipinski definition) is 1. The van der Waals surface area contributed by atoms with E-state index in [-0.39, 0.29) is 11.8 Å². The van der Waals surface area contributed by atoms with Crippen molar-refractivity contribution in [1.82, 2.24) is 4.90 Å². The Labute approximate surface area is 209 Å². The van der Waals surface area contributed by atoms with Crippen LogP contribution >= 0.6 is 11.8 Å². The number of piperidine rings is 1. The maximum atomic E-state index is 12.1. The zero-order valence-corrected chi connectivity index (χ0v) is 21.6. The monoisotopic (exact) mass is 472 g/mol. The SMILES string of the molecule is Cc1ccc(NC(=O)C(C)C)cc1C1CCN(C(C)c2ccc(Sc3ccccc3)cc2)CC1. The van der Waals surface area contributed by atoms with E-state index in [1.165, 1.54) is 26.5 Å². The van der Waals surface area contributed by atoms with Gasteiger partial charge in [-0.3, -0.25) is 9.69 Å². The first-order valence-corrected chi connectivity index (χ1v) is 13.2. The third-order valence-corrected chi connectivity index (χ3v) is 7.95. The van der Waals surface area contributed by atoms with Crippen LogP contribution in [0.2, 0.25) is 0 Å². The Hall–Kier alpha value is -2.56. The maximum absolute atomic E-state index is 12.1. The summed E-state index contributed by atoms with van der Waals surface area (Å²) in [5.41, 5.74) is 5.01. The van der Waals surface area contributed by atoms with Crippen LogP contribution in [0.5, 0.6) is 0 Å². The van der Waals surface area contributed by atoms with Crippen LogP contribution < -0.4 is 5.32 Å². The van der Waals surface area contributed by atoms with Gasteiger partial charge >= 0.3 is 0 Å². The first-order valence-electron chi connectivity index (χ1n) is 12.4. The molecule has 1 saturated heterocycles. The highest BCUT2D eigenvalue weighted by Crippen LogP contribution is 2.35. The lowest BCUT2D eigenvalue weighted by molar-refractivity contribution is -0.118. The molecule has 0 spiro atoms. The summed E-state index contributed by atoms with van der Waals surface area (Å²) < 4.78 is 0. The molecule has 3 nitrogen and oxygen atoms in total. The first kappa shape index (κ1) is 24.6. The molecule has 3 aromatic rings. The van der Waals surface area contributed by atoms with E-state index in [9.17, 15) is 4.79 Å². The van der Waals surface area contributed by atoms with Gasteiger partial charge in [-0.1, -0.05) is 62.0 Å². The smallest absolute Gasteiger partial charge is 0.226 e. The normalized spacial score (nSPS) is 15.9. The van der Waals surface area contributed by atoms with Crippen molar-refractivity contribution >= 4 is 23.4 Å². The molecule has 178 valence electrons. The van der Waals surface area contributed by atoms with Crippen molar-refractivity contribution in [2.75, 3.05) is 18.4 Å². The Kier molecular flexibility index (Phi) is 8.12. The molecule has 4 rings (SSSR count). The van der Waals surface area contributed by atoms with E-state index < -0.39 is 0 Å². The summed E-state index contributed by atoms with van der Waals surface area (Å²) in [6.45, 7) is 10.6. The average molecular weight is 473 g/mol. The summed E-state index contributed by atoms with van der Waals surface area (Å²) in [6.07, 6.45) is 2.30. The van der Waals surface area contributed by atoms with E-state index in [2.05, 4.69) is 90.8 Å². The van der Waals surface area contributed by atoms with Crippen LogP contribution in [-0.4, -0.2) is 23.9 Å². The molecule has 4 heteroatoms. The summed E-state index contributed by atoms with van der Waals surface area (Å²) in [5.74, 6) is 0.608. The fourth-order valence-electron chi connectivity index (χ4n) is 4.69. The average Bonchev–Trinajstić information content (AvgIpc) is 2.86. The van der Waals surface area contributed by atoms with Crippen molar-refractivity contribution in [3.8, 4) is 0 Å². The van der Waals surface area contributed by atoms with Gasteiger partial charge in [0.05, 0.1) is 0 Å². The van der Waals surface area contributed by atoms with E-state index in [1.807, 2.05) is 31.7 Å². The van der Waals surface area contributed by atoms with E-state index in [1.54, 1.807) is 0 Å². The van der Waals surface area contributed by atoms with Gasteiger partial charge in [0, 0.05) is 27.4 Å². The molecule has 1 unspecified atom stereocenters. The van der Waals surface area contributed by atoms with E-state index in [0.717, 1.165) is 31.6 Å². The van der Waals surface area contributed by atoms with Gasteiger partial charge in [0.1, 0.15) is 0 Å². The number of amides is 1. The van der Waals surface area contributed by atoms with Crippen molar-refractivity contribution < 1.29 is 4.79 Å². The van der Waals surface area contributed by atoms with Crippen LogP contribution in [0, 0.1) is 12.8 Å². The fraction of sp³-hybridized carbons (Fsp3) is 0.367. The molecule has 0 saturated carbocycles. The highest BCUT2D eigenvalue weighted by atomic mass is 32.2. The minimum absolute atomic E-state index is 0.0134. The summed E-state index contributed by atoms with van der Waals surface area (Å²) in [5, 5.41) is 3.07. The van der Waals surface area contributed by atoms with Gasteiger partial charge in [-0.25, -0.2) is 0 Å². The Morgan fingerprint density at radius 2 is 1.56 bits per heavy atom. The number of anilines is 1. The number of carbonyl (C=O) groups excluding carboxylic acids is 1. The Morgan fingerprint density at radius 3 is 2.21 bits per heavy atom. The molecule has 1 amide bonds. The highest BCUT2D eigenvalue weighted by molar-refractivity contribution is 7.99. The number of nitrogens with zero attached hydrogens (tertiary/aromatic N) is 1. The molecular formula is C30H36N2OS. The van der Waals surface area contributed by atoms with Crippen LogP contribution in [-0.2, 0) is 4.79 Å². The lowest BCUT2D eigenvalue weighted by Gasteiger charge is -2.37. The maximum Gasteiger partial charge on any atom is 0.226 e. The largest absolute Gasteiger partial charge is 0.326 e. The zero-order valence-electron chi connectivity index (χ0n) is 20.8. The quantitative estimate of drug-likeness (QED) is 0.383. The van der Waals surface area contributed by atoms with Crippen LogP contribution in [0.3, 0.4) is 0 Å². The third kappa shape index (κ3) is 6.11. The number of nitrogens with one attached hydrogen (secondary N) is 1. The number of likely N-dealkylation sites (tertiary alicyclic amines) is 1. The predicted octanol–water partition coefficient (Wildman–Crippen LogP) is 7.68. The number of aryl methyl sites for hydroxylation is 1. The van der Waals surface area contributed by atoms with Gasteiger partial charge in [-0.2, -0.15) is 0 Å². The van der Waals surface area contributed by atoms with Gasteiger partial charge in [-0.05, 0) is 98.8 Å². The summed E-state index contributed by atoms with van der Waals surface area (Å²) in [6, 6.07) is 26.4. The Morgan fingerprint density at radius 1 is 0.912 bits per heavy atom. The predicted molar refractivity (Wildman–Crippen MR) is 144 cm³/mol. The van der Waals surface area contributed by atoms with Crippen molar-refractivity contribution in [1.29, 1.82) is 0 Å². The molecule has 0 aliphatic carbocycles. The Balaban J connectivity index is 1.36. The molecule has 3 aromatic carbocycles. The molecule has 34 heavy (non-hydrogen) atoms. The number of hydrogen-bond acceptors (Lipinski definition) is 3. The van der Waals surface area contributed by atoms with Crippen molar-refractivity contribution in [3.05, 3.63) is 89.5 Å². The van der Waals surface area contributed by atoms with E-state index in [0.29, 0.717) is 12.0 Å². The van der Waals surface area contributed by atoms with Gasteiger partial charge in [0.15, 0.2) is 0 Å². The second-order valence-corrected chi connectivity index (χ2v) is 10.8. The lowest BCUT2D eigenvalue weighted by Crippen LogP contribution is -2.35. The third-order valence-electron chi connectivity index (χ3n) is 6.93. The number of benzene rings is 3. The van der Waals surface area contributed by atoms with Crippen molar-refractivity contribution in [2.24, 2.45) is 5.92 Å². The molecule has 1 aliphatic heterocycles. The minimum atomic E-state index is -0.0134. The van der Waals surface area contributed by atoms with E-state index in [4.69, 9.17) is 0 Å². The van der Waals surface area contributed by atoms with Crippen molar-refractivity contribution in [3.63, 3.8) is 0 Å². The molecule has 1 heterocycles. The minimum Gasteiger partial charge on any atom is -0.326 e. The number of rotatable bonds is 7. The van der Waals surface area contributed by atoms with Crippen molar-refractivity contribution in [2.45, 2.75) is 62.3 Å². The molecule has 1 atom stereocenters. The van der Waals surface area contributed by atoms with Gasteiger partial charge < -0.3 is 5.32 Å². The zero-order chi connectivity index (χ0) is 24.1. The van der Waals surface area contributed by atoms with Crippen LogP contribution in [0.15, 0.2) is 82.6 Å². The van der Waals surface area contributed by atoms with Gasteiger partial charge in [-0.15, -0.1) is 0 Å². The topological polar surface area (TPSA) is 32.3 Å².